The van der Waals surface area contributed by atoms with Crippen molar-refractivity contribution >= 4 is 16.9 Å². The van der Waals surface area contributed by atoms with Gasteiger partial charge in [-0.3, -0.25) is 4.79 Å². The maximum absolute atomic E-state index is 10.6. The van der Waals surface area contributed by atoms with E-state index < -0.39 is 12.0 Å². The van der Waals surface area contributed by atoms with Crippen molar-refractivity contribution < 1.29 is 33.9 Å². The Kier molecular flexibility index (Phi) is 9.49. The first-order chi connectivity index (χ1) is 8.09. The average molecular weight is 381 g/mol. The number of hydrogen-bond acceptors (Lipinski definition) is 2. The normalized spacial score (nSPS) is 13.4. The van der Waals surface area contributed by atoms with Crippen LogP contribution >= 0.6 is 0 Å². The van der Waals surface area contributed by atoms with Crippen LogP contribution in [0.1, 0.15) is 12.0 Å². The second-order valence-corrected chi connectivity index (χ2v) is 6.54. The minimum absolute atomic E-state index is 0. The molecule has 1 aromatic rings. The Morgan fingerprint density at radius 1 is 1.33 bits per heavy atom. The minimum Gasteiger partial charge on any atom is -1.00 e. The summed E-state index contributed by atoms with van der Waals surface area (Å²) in [5, 5.41) is 8.68. The molecule has 1 aromatic carbocycles. The number of rotatable bonds is 7. The third kappa shape index (κ3) is 7.23. The van der Waals surface area contributed by atoms with Gasteiger partial charge in [-0.25, -0.2) is 0 Å². The molecule has 0 saturated heterocycles. The lowest BCUT2D eigenvalue weighted by Gasteiger charge is -2.07. The minimum atomic E-state index is -0.898. The van der Waals surface area contributed by atoms with Crippen LogP contribution in [0.5, 0.6) is 0 Å². The van der Waals surface area contributed by atoms with E-state index in [1.807, 2.05) is 18.2 Å². The molecule has 18 heavy (non-hydrogen) atoms. The number of carbonyl (C=O) groups is 1. The van der Waals surface area contributed by atoms with Gasteiger partial charge in [0.05, 0.1) is 6.26 Å². The third-order valence-electron chi connectivity index (χ3n) is 2.68. The lowest BCUT2D eigenvalue weighted by atomic mass is 10.2. The standard InChI is InChI=1S/C13H19NO2S.HI/c1-17(10-8-12(14)13(15)16)9-7-11-5-3-2-4-6-11;/h2-6,12H,7-10,14H2,1H3;1H. The quantitative estimate of drug-likeness (QED) is 0.437. The first kappa shape index (κ1) is 17.7. The number of benzene rings is 1. The highest BCUT2D eigenvalue weighted by molar-refractivity contribution is 7.96. The summed E-state index contributed by atoms with van der Waals surface area (Å²) in [6.07, 6.45) is 3.81. The summed E-state index contributed by atoms with van der Waals surface area (Å²) in [7, 11) is 0.249. The van der Waals surface area contributed by atoms with E-state index in [9.17, 15) is 4.79 Å². The summed E-state index contributed by atoms with van der Waals surface area (Å²) in [4.78, 5) is 10.6. The van der Waals surface area contributed by atoms with E-state index in [-0.39, 0.29) is 34.9 Å². The van der Waals surface area contributed by atoms with Crippen molar-refractivity contribution in [2.45, 2.75) is 18.9 Å². The molecule has 0 saturated carbocycles. The summed E-state index contributed by atoms with van der Waals surface area (Å²) in [5.41, 5.74) is 6.82. The molecule has 0 aliphatic rings. The summed E-state index contributed by atoms with van der Waals surface area (Å²) >= 11 is 0. The van der Waals surface area contributed by atoms with Crippen molar-refractivity contribution in [2.75, 3.05) is 17.8 Å². The fourth-order valence-electron chi connectivity index (χ4n) is 1.49. The molecule has 5 heteroatoms. The maximum atomic E-state index is 10.6. The molecule has 2 atom stereocenters. The van der Waals surface area contributed by atoms with E-state index in [0.29, 0.717) is 6.42 Å². The Labute approximate surface area is 129 Å². The summed E-state index contributed by atoms with van der Waals surface area (Å²) in [6.45, 7) is 0. The van der Waals surface area contributed by atoms with Crippen molar-refractivity contribution in [3.05, 3.63) is 35.9 Å². The summed E-state index contributed by atoms with van der Waals surface area (Å²) in [6, 6.07) is 9.65. The molecule has 0 spiro atoms. The second-order valence-electron chi connectivity index (χ2n) is 4.16. The highest BCUT2D eigenvalue weighted by atomic mass is 127. The number of carboxylic acid groups (broad SMARTS) is 1. The Balaban J connectivity index is 0.00000289. The topological polar surface area (TPSA) is 63.3 Å². The molecule has 0 amide bonds. The van der Waals surface area contributed by atoms with Gasteiger partial charge in [-0.05, 0) is 16.5 Å². The van der Waals surface area contributed by atoms with Crippen LogP contribution in [0.25, 0.3) is 0 Å². The van der Waals surface area contributed by atoms with Crippen LogP contribution in [0.2, 0.25) is 0 Å². The molecule has 2 unspecified atom stereocenters. The van der Waals surface area contributed by atoms with E-state index in [1.165, 1.54) is 5.56 Å². The number of halogens is 1. The molecule has 102 valence electrons. The van der Waals surface area contributed by atoms with E-state index in [4.69, 9.17) is 10.8 Å². The Morgan fingerprint density at radius 3 is 2.50 bits per heavy atom. The molecule has 0 aromatic heterocycles. The number of hydrogen-bond donors (Lipinski definition) is 2. The maximum Gasteiger partial charge on any atom is 0.320 e. The van der Waals surface area contributed by atoms with E-state index >= 15 is 0 Å². The van der Waals surface area contributed by atoms with Gasteiger partial charge in [0.2, 0.25) is 0 Å². The zero-order chi connectivity index (χ0) is 12.7. The van der Waals surface area contributed by atoms with Crippen LogP contribution in [0.4, 0.5) is 0 Å². The zero-order valence-corrected chi connectivity index (χ0v) is 13.5. The molecule has 0 bridgehead atoms. The number of aliphatic carboxylic acids is 1. The Bertz CT molecular complexity index is 348. The molecule has 3 N–H and O–H groups in total. The van der Waals surface area contributed by atoms with Gasteiger partial charge >= 0.3 is 5.97 Å². The predicted octanol–water partition coefficient (Wildman–Crippen LogP) is -1.72. The van der Waals surface area contributed by atoms with Gasteiger partial charge in [0.15, 0.2) is 0 Å². The Morgan fingerprint density at radius 2 is 1.94 bits per heavy atom. The first-order valence-electron chi connectivity index (χ1n) is 5.71. The number of nitrogens with two attached hydrogens (primary N) is 1. The summed E-state index contributed by atoms with van der Waals surface area (Å²) < 4.78 is 0. The van der Waals surface area contributed by atoms with Crippen molar-refractivity contribution in [3.8, 4) is 0 Å². The van der Waals surface area contributed by atoms with Crippen LogP contribution in [0, 0.1) is 0 Å². The van der Waals surface area contributed by atoms with Crippen LogP contribution < -0.4 is 29.7 Å². The van der Waals surface area contributed by atoms with Crippen molar-refractivity contribution in [1.82, 2.24) is 0 Å². The molecule has 1 rings (SSSR count). The molecule has 3 nitrogen and oxygen atoms in total. The van der Waals surface area contributed by atoms with E-state index in [0.717, 1.165) is 17.9 Å². The number of aryl methyl sites for hydroxylation is 1. The second kappa shape index (κ2) is 9.63. The predicted molar refractivity (Wildman–Crippen MR) is 73.4 cm³/mol. The van der Waals surface area contributed by atoms with Crippen LogP contribution in [0.3, 0.4) is 0 Å². The molecule has 0 radical (unpaired) electrons. The molecule has 0 aliphatic heterocycles. The van der Waals surface area contributed by atoms with Gasteiger partial charge in [-0.15, -0.1) is 0 Å². The fraction of sp³-hybridized carbons (Fsp3) is 0.462. The van der Waals surface area contributed by atoms with E-state index in [1.54, 1.807) is 0 Å². The van der Waals surface area contributed by atoms with Gasteiger partial charge in [0.25, 0.3) is 0 Å². The van der Waals surface area contributed by atoms with Gasteiger partial charge in [0, 0.05) is 12.8 Å². The van der Waals surface area contributed by atoms with Gasteiger partial charge in [-0.1, -0.05) is 30.3 Å². The molecule has 0 aliphatic carbocycles. The summed E-state index contributed by atoms with van der Waals surface area (Å²) in [5.74, 6) is 1.11. The van der Waals surface area contributed by atoms with Gasteiger partial charge in [-0.2, -0.15) is 0 Å². The van der Waals surface area contributed by atoms with Gasteiger partial charge < -0.3 is 34.8 Å². The zero-order valence-electron chi connectivity index (χ0n) is 10.5. The monoisotopic (exact) mass is 381 g/mol. The highest BCUT2D eigenvalue weighted by Gasteiger charge is 2.17. The molecule has 0 heterocycles. The SMILES string of the molecule is C[S+](CCc1ccccc1)CCC(N)C(=O)O.[I-]. The average Bonchev–Trinajstić information content (AvgIpc) is 2.34. The lowest BCUT2D eigenvalue weighted by molar-refractivity contribution is -0.138. The Hall–Kier alpha value is -0.270. The van der Waals surface area contributed by atoms with Crippen LogP contribution in [0.15, 0.2) is 30.3 Å². The van der Waals surface area contributed by atoms with Crippen LogP contribution in [-0.2, 0) is 22.1 Å². The largest absolute Gasteiger partial charge is 1.00 e. The van der Waals surface area contributed by atoms with Gasteiger partial charge in [0.1, 0.15) is 17.5 Å². The number of carboxylic acids is 1. The van der Waals surface area contributed by atoms with Crippen molar-refractivity contribution in [2.24, 2.45) is 5.73 Å². The van der Waals surface area contributed by atoms with Crippen molar-refractivity contribution in [1.29, 1.82) is 0 Å². The molecule has 0 fully saturated rings. The van der Waals surface area contributed by atoms with Crippen LogP contribution in [-0.4, -0.2) is 34.9 Å². The molecular weight excluding hydrogens is 361 g/mol. The smallest absolute Gasteiger partial charge is 0.320 e. The third-order valence-corrected chi connectivity index (χ3v) is 4.51. The lowest BCUT2D eigenvalue weighted by Crippen LogP contribution is -3.00. The highest BCUT2D eigenvalue weighted by Crippen LogP contribution is 2.04. The van der Waals surface area contributed by atoms with Crippen molar-refractivity contribution in [3.63, 3.8) is 0 Å². The molecular formula is C13H20INO2S. The fourth-order valence-corrected chi connectivity index (χ4v) is 2.94. The van der Waals surface area contributed by atoms with E-state index in [2.05, 4.69) is 18.4 Å². The first-order valence-corrected chi connectivity index (χ1v) is 7.68.